The van der Waals surface area contributed by atoms with Crippen molar-refractivity contribution in [2.75, 3.05) is 6.61 Å². The maximum Gasteiger partial charge on any atom is 0.0943 e. The van der Waals surface area contributed by atoms with Gasteiger partial charge in [-0.2, -0.15) is 0 Å². The average Bonchev–Trinajstić information content (AvgIpc) is 2.15. The molecule has 0 radical (unpaired) electrons. The van der Waals surface area contributed by atoms with E-state index in [9.17, 15) is 5.11 Å². The van der Waals surface area contributed by atoms with Gasteiger partial charge in [0.05, 0.1) is 18.3 Å². The van der Waals surface area contributed by atoms with Gasteiger partial charge >= 0.3 is 0 Å². The highest BCUT2D eigenvalue weighted by Crippen LogP contribution is 2.35. The van der Waals surface area contributed by atoms with Crippen LogP contribution < -0.4 is 0 Å². The van der Waals surface area contributed by atoms with Crippen molar-refractivity contribution in [3.05, 3.63) is 34.9 Å². The third-order valence-corrected chi connectivity index (χ3v) is 3.30. The monoisotopic (exact) mass is 220 g/mol. The maximum absolute atomic E-state index is 10.7. The summed E-state index contributed by atoms with van der Waals surface area (Å²) >= 11 is 0. The molecule has 0 saturated carbocycles. The molecule has 1 saturated heterocycles. The van der Waals surface area contributed by atoms with Crippen molar-refractivity contribution in [3.63, 3.8) is 0 Å². The van der Waals surface area contributed by atoms with Gasteiger partial charge in [0.1, 0.15) is 0 Å². The molecule has 0 aromatic heterocycles. The minimum Gasteiger partial charge on any atom is -0.385 e. The molecule has 1 N–H and O–H groups in total. The molecule has 2 unspecified atom stereocenters. The van der Waals surface area contributed by atoms with E-state index in [1.165, 1.54) is 11.1 Å². The Bertz CT molecular complexity index is 366. The molecular weight excluding hydrogens is 200 g/mol. The van der Waals surface area contributed by atoms with Gasteiger partial charge in [-0.1, -0.05) is 29.3 Å². The third-order valence-electron chi connectivity index (χ3n) is 3.30. The van der Waals surface area contributed by atoms with Crippen LogP contribution in [0, 0.1) is 13.8 Å². The molecule has 2 heteroatoms. The minimum absolute atomic E-state index is 0.138. The maximum atomic E-state index is 10.7. The van der Waals surface area contributed by atoms with Gasteiger partial charge in [0, 0.05) is 12.8 Å². The fourth-order valence-corrected chi connectivity index (χ4v) is 2.57. The summed E-state index contributed by atoms with van der Waals surface area (Å²) in [6.07, 6.45) is 1.52. The fraction of sp³-hybridized carbons (Fsp3) is 0.571. The van der Waals surface area contributed by atoms with Crippen LogP contribution in [0.2, 0.25) is 0 Å². The zero-order valence-corrected chi connectivity index (χ0v) is 10.3. The first-order chi connectivity index (χ1) is 7.49. The Morgan fingerprint density at radius 2 is 1.88 bits per heavy atom. The molecular formula is C14H20O2. The van der Waals surface area contributed by atoms with Gasteiger partial charge in [0.25, 0.3) is 0 Å². The summed E-state index contributed by atoms with van der Waals surface area (Å²) in [7, 11) is 0. The smallest absolute Gasteiger partial charge is 0.0943 e. The van der Waals surface area contributed by atoms with Crippen molar-refractivity contribution < 1.29 is 9.84 Å². The largest absolute Gasteiger partial charge is 0.385 e. The molecule has 1 aromatic rings. The van der Waals surface area contributed by atoms with Crippen LogP contribution in [0.25, 0.3) is 0 Å². The molecule has 0 bridgehead atoms. The zero-order valence-electron chi connectivity index (χ0n) is 10.3. The lowest BCUT2D eigenvalue weighted by Crippen LogP contribution is -2.37. The average molecular weight is 220 g/mol. The van der Waals surface area contributed by atoms with E-state index in [1.807, 2.05) is 6.92 Å². The van der Waals surface area contributed by atoms with Gasteiger partial charge in [-0.15, -0.1) is 0 Å². The Balaban J connectivity index is 2.34. The summed E-state index contributed by atoms with van der Waals surface area (Å²) in [6, 6.07) is 6.31. The summed E-state index contributed by atoms with van der Waals surface area (Å²) in [4.78, 5) is 0. The minimum atomic E-state index is -0.700. The highest BCUT2D eigenvalue weighted by atomic mass is 16.5. The van der Waals surface area contributed by atoms with Gasteiger partial charge in [-0.05, 0) is 26.3 Å². The van der Waals surface area contributed by atoms with Crippen molar-refractivity contribution >= 4 is 0 Å². The molecule has 16 heavy (non-hydrogen) atoms. The number of benzene rings is 1. The Hall–Kier alpha value is -0.860. The third kappa shape index (κ3) is 2.28. The quantitative estimate of drug-likeness (QED) is 0.788. The molecule has 0 amide bonds. The molecule has 1 aromatic carbocycles. The summed E-state index contributed by atoms with van der Waals surface area (Å²) in [5.74, 6) is 0. The number of rotatable bonds is 1. The van der Waals surface area contributed by atoms with Gasteiger partial charge < -0.3 is 9.84 Å². The fourth-order valence-electron chi connectivity index (χ4n) is 2.57. The molecule has 2 rings (SSSR count). The first kappa shape index (κ1) is 11.6. The van der Waals surface area contributed by atoms with Crippen molar-refractivity contribution in [3.8, 4) is 0 Å². The van der Waals surface area contributed by atoms with E-state index in [0.29, 0.717) is 19.4 Å². The molecule has 1 fully saturated rings. The second-order valence-electron chi connectivity index (χ2n) is 5.04. The number of ether oxygens (including phenoxy) is 1. The van der Waals surface area contributed by atoms with Crippen molar-refractivity contribution in [1.29, 1.82) is 0 Å². The van der Waals surface area contributed by atoms with Crippen molar-refractivity contribution in [2.45, 2.75) is 45.3 Å². The second-order valence-corrected chi connectivity index (χ2v) is 5.04. The van der Waals surface area contributed by atoms with E-state index >= 15 is 0 Å². The number of aliphatic hydroxyl groups is 1. The molecule has 2 atom stereocenters. The summed E-state index contributed by atoms with van der Waals surface area (Å²) in [5.41, 5.74) is 2.76. The molecule has 1 aliphatic rings. The first-order valence-electron chi connectivity index (χ1n) is 5.92. The highest BCUT2D eigenvalue weighted by molar-refractivity contribution is 5.32. The topological polar surface area (TPSA) is 29.5 Å². The standard InChI is InChI=1S/C14H20O2/c1-10-6-11(2)8-13(7-10)14(15)4-5-16-12(3)9-14/h6-8,12,15H,4-5,9H2,1-3H3. The van der Waals surface area contributed by atoms with Gasteiger partial charge in [-0.3, -0.25) is 0 Å². The summed E-state index contributed by atoms with van der Waals surface area (Å²) < 4.78 is 5.50. The molecule has 88 valence electrons. The van der Waals surface area contributed by atoms with Crippen molar-refractivity contribution in [2.24, 2.45) is 0 Å². The highest BCUT2D eigenvalue weighted by Gasteiger charge is 2.35. The van der Waals surface area contributed by atoms with E-state index < -0.39 is 5.60 Å². The number of aryl methyl sites for hydroxylation is 2. The van der Waals surface area contributed by atoms with Crippen LogP contribution in [0.1, 0.15) is 36.5 Å². The number of hydrogen-bond donors (Lipinski definition) is 1. The van der Waals surface area contributed by atoms with Gasteiger partial charge in [0.2, 0.25) is 0 Å². The number of hydrogen-bond acceptors (Lipinski definition) is 2. The Morgan fingerprint density at radius 3 is 2.44 bits per heavy atom. The molecule has 1 heterocycles. The van der Waals surface area contributed by atoms with E-state index in [0.717, 1.165) is 5.56 Å². The van der Waals surface area contributed by atoms with Crippen LogP contribution in [0.3, 0.4) is 0 Å². The predicted molar refractivity (Wildman–Crippen MR) is 64.5 cm³/mol. The second kappa shape index (κ2) is 4.19. The van der Waals surface area contributed by atoms with Crippen LogP contribution in [-0.2, 0) is 10.3 Å². The SMILES string of the molecule is Cc1cc(C)cc(C2(O)CCOC(C)C2)c1. The summed E-state index contributed by atoms with van der Waals surface area (Å²) in [6.45, 7) is 6.81. The van der Waals surface area contributed by atoms with Crippen molar-refractivity contribution in [1.82, 2.24) is 0 Å². The lowest BCUT2D eigenvalue weighted by Gasteiger charge is -2.36. The summed E-state index contributed by atoms with van der Waals surface area (Å²) in [5, 5.41) is 10.7. The predicted octanol–water partition coefficient (Wildman–Crippen LogP) is 2.69. The van der Waals surface area contributed by atoms with Crippen LogP contribution in [0.15, 0.2) is 18.2 Å². The molecule has 2 nitrogen and oxygen atoms in total. The molecule has 0 spiro atoms. The lowest BCUT2D eigenvalue weighted by atomic mass is 9.83. The molecule has 0 aliphatic carbocycles. The van der Waals surface area contributed by atoms with Crippen LogP contribution in [0.5, 0.6) is 0 Å². The lowest BCUT2D eigenvalue weighted by molar-refractivity contribution is -0.101. The normalized spacial score (nSPS) is 30.4. The Kier molecular flexibility index (Phi) is 3.04. The first-order valence-corrected chi connectivity index (χ1v) is 5.92. The van der Waals surface area contributed by atoms with Crippen LogP contribution in [0.4, 0.5) is 0 Å². The van der Waals surface area contributed by atoms with E-state index in [4.69, 9.17) is 4.74 Å². The Morgan fingerprint density at radius 1 is 1.25 bits per heavy atom. The zero-order chi connectivity index (χ0) is 11.8. The molecule has 1 aliphatic heterocycles. The van der Waals surface area contributed by atoms with E-state index in [2.05, 4.69) is 32.0 Å². The van der Waals surface area contributed by atoms with Crippen LogP contribution in [-0.4, -0.2) is 17.8 Å². The van der Waals surface area contributed by atoms with E-state index in [1.54, 1.807) is 0 Å². The van der Waals surface area contributed by atoms with E-state index in [-0.39, 0.29) is 6.10 Å². The van der Waals surface area contributed by atoms with Crippen LogP contribution >= 0.6 is 0 Å². The Labute approximate surface area is 97.3 Å². The van der Waals surface area contributed by atoms with Gasteiger partial charge in [0.15, 0.2) is 0 Å². The van der Waals surface area contributed by atoms with Gasteiger partial charge in [-0.25, -0.2) is 0 Å².